The maximum atomic E-state index is 12.9. The smallest absolute Gasteiger partial charge is 0.235 e. The maximum absolute atomic E-state index is 12.9. The quantitative estimate of drug-likeness (QED) is 0.397. The molecule has 1 amide bonds. The first-order valence-electron chi connectivity index (χ1n) is 11.5. The van der Waals surface area contributed by atoms with Gasteiger partial charge in [0.05, 0.1) is 6.04 Å². The van der Waals surface area contributed by atoms with Crippen LogP contribution in [0, 0.1) is 0 Å². The number of hydrogen-bond donors (Lipinski definition) is 1. The normalized spacial score (nSPS) is 12.2. The monoisotopic (exact) mass is 429 g/mol. The van der Waals surface area contributed by atoms with Crippen molar-refractivity contribution in [3.05, 3.63) is 95.6 Å². The predicted octanol–water partition coefficient (Wildman–Crippen LogP) is 6.88. The third kappa shape index (κ3) is 6.65. The summed E-state index contributed by atoms with van der Waals surface area (Å²) in [5.74, 6) is -1.24. The van der Waals surface area contributed by atoms with E-state index >= 15 is 0 Å². The molecule has 0 radical (unpaired) electrons. The van der Waals surface area contributed by atoms with Gasteiger partial charge in [-0.2, -0.15) is 0 Å². The largest absolute Gasteiger partial charge is 0.349 e. The van der Waals surface area contributed by atoms with Crippen molar-refractivity contribution in [2.45, 2.75) is 59.4 Å². The van der Waals surface area contributed by atoms with Crippen molar-refractivity contribution in [1.82, 2.24) is 5.32 Å². The molecule has 0 aromatic heterocycles. The van der Waals surface area contributed by atoms with E-state index in [4.69, 9.17) is 0 Å². The Bertz CT molecular complexity index is 976. The van der Waals surface area contributed by atoms with E-state index in [0.717, 1.165) is 29.5 Å². The number of rotatable bonds is 8. The Balaban J connectivity index is 0.00000176. The van der Waals surface area contributed by atoms with Crippen LogP contribution in [0.25, 0.3) is 11.1 Å². The summed E-state index contributed by atoms with van der Waals surface area (Å²) in [7, 11) is 0. The van der Waals surface area contributed by atoms with Crippen molar-refractivity contribution in [2.24, 2.45) is 0 Å². The minimum absolute atomic E-state index is 0.163. The van der Waals surface area contributed by atoms with E-state index in [-0.39, 0.29) is 17.7 Å². The number of nitrogens with one attached hydrogen (secondary N) is 1. The lowest BCUT2D eigenvalue weighted by Crippen LogP contribution is -2.34. The average molecular weight is 430 g/mol. The standard InChI is InChI=1S/C27H29NO2.C2H6/c1-4-8-21-11-13-23(14-12-21)24-15-17-25(18-16-24)26(20(3)29)27(30)28-19(2)22-9-6-5-7-10-22;1-2/h5-7,9-19,26H,4,8H2,1-3H3,(H,28,30);1-2H3. The summed E-state index contributed by atoms with van der Waals surface area (Å²) in [6.07, 6.45) is 2.21. The van der Waals surface area contributed by atoms with Crippen LogP contribution in [0.3, 0.4) is 0 Å². The molecule has 3 aromatic carbocycles. The van der Waals surface area contributed by atoms with Crippen molar-refractivity contribution in [2.75, 3.05) is 0 Å². The van der Waals surface area contributed by atoms with Crippen molar-refractivity contribution in [3.8, 4) is 11.1 Å². The van der Waals surface area contributed by atoms with E-state index in [9.17, 15) is 9.59 Å². The number of hydrogen-bond acceptors (Lipinski definition) is 2. The molecule has 3 heteroatoms. The van der Waals surface area contributed by atoms with E-state index in [1.165, 1.54) is 12.5 Å². The van der Waals surface area contributed by atoms with Crippen LogP contribution < -0.4 is 5.32 Å². The van der Waals surface area contributed by atoms with Gasteiger partial charge in [0.15, 0.2) is 0 Å². The van der Waals surface area contributed by atoms with E-state index < -0.39 is 5.92 Å². The lowest BCUT2D eigenvalue weighted by molar-refractivity contribution is -0.129. The second-order valence-corrected chi connectivity index (χ2v) is 7.75. The van der Waals surface area contributed by atoms with Gasteiger partial charge in [-0.3, -0.25) is 9.59 Å². The van der Waals surface area contributed by atoms with Gasteiger partial charge in [0.25, 0.3) is 0 Å². The minimum atomic E-state index is -0.808. The summed E-state index contributed by atoms with van der Waals surface area (Å²) in [4.78, 5) is 25.2. The molecule has 0 saturated heterocycles. The molecule has 0 saturated carbocycles. The Labute approximate surface area is 192 Å². The highest BCUT2D eigenvalue weighted by Gasteiger charge is 2.26. The fourth-order valence-corrected chi connectivity index (χ4v) is 3.71. The average Bonchev–Trinajstić information content (AvgIpc) is 2.82. The molecule has 0 bridgehead atoms. The molecular weight excluding hydrogens is 394 g/mol. The number of aryl methyl sites for hydroxylation is 1. The number of ketones is 1. The fourth-order valence-electron chi connectivity index (χ4n) is 3.71. The van der Waals surface area contributed by atoms with Crippen molar-refractivity contribution < 1.29 is 9.59 Å². The third-order valence-electron chi connectivity index (χ3n) is 5.40. The lowest BCUT2D eigenvalue weighted by atomic mass is 9.92. The predicted molar refractivity (Wildman–Crippen MR) is 134 cm³/mol. The number of amides is 1. The van der Waals surface area contributed by atoms with Crippen molar-refractivity contribution in [3.63, 3.8) is 0 Å². The van der Waals surface area contributed by atoms with Gasteiger partial charge in [-0.1, -0.05) is 106 Å². The molecule has 3 rings (SSSR count). The van der Waals surface area contributed by atoms with Crippen LogP contribution in [0.1, 0.15) is 69.7 Å². The highest BCUT2D eigenvalue weighted by molar-refractivity contribution is 6.05. The summed E-state index contributed by atoms with van der Waals surface area (Å²) >= 11 is 0. The van der Waals surface area contributed by atoms with Gasteiger partial charge >= 0.3 is 0 Å². The summed E-state index contributed by atoms with van der Waals surface area (Å²) in [5.41, 5.74) is 5.26. The first-order valence-corrected chi connectivity index (χ1v) is 11.5. The molecule has 0 fully saturated rings. The van der Waals surface area contributed by atoms with E-state index in [1.807, 2.05) is 75.4 Å². The zero-order valence-electron chi connectivity index (χ0n) is 19.9. The molecule has 0 aliphatic carbocycles. The summed E-state index contributed by atoms with van der Waals surface area (Å²) in [6, 6.07) is 25.9. The SMILES string of the molecule is CC.CCCc1ccc(-c2ccc(C(C(C)=O)C(=O)NC(C)c3ccccc3)cc2)cc1. The van der Waals surface area contributed by atoms with Crippen LogP contribution in [0.2, 0.25) is 0 Å². The van der Waals surface area contributed by atoms with Gasteiger partial charge < -0.3 is 5.32 Å². The highest BCUT2D eigenvalue weighted by Crippen LogP contribution is 2.25. The van der Waals surface area contributed by atoms with Crippen molar-refractivity contribution >= 4 is 11.7 Å². The summed E-state index contributed by atoms with van der Waals surface area (Å²) in [5, 5.41) is 2.98. The molecule has 32 heavy (non-hydrogen) atoms. The van der Waals surface area contributed by atoms with Gasteiger partial charge in [0, 0.05) is 0 Å². The minimum Gasteiger partial charge on any atom is -0.349 e. The Morgan fingerprint density at radius 1 is 0.781 bits per heavy atom. The van der Waals surface area contributed by atoms with Crippen LogP contribution in [-0.4, -0.2) is 11.7 Å². The number of carbonyl (C=O) groups excluding carboxylic acids is 2. The molecule has 2 unspecified atom stereocenters. The number of Topliss-reactive ketones (excluding diaryl/α,β-unsaturated/α-hetero) is 1. The van der Waals surface area contributed by atoms with Gasteiger partial charge in [-0.05, 0) is 48.1 Å². The number of benzene rings is 3. The molecule has 0 aliphatic heterocycles. The zero-order valence-corrected chi connectivity index (χ0v) is 19.9. The van der Waals surface area contributed by atoms with Gasteiger partial charge in [0.2, 0.25) is 5.91 Å². The van der Waals surface area contributed by atoms with Crippen LogP contribution in [0.15, 0.2) is 78.9 Å². The first kappa shape index (κ1) is 25.1. The van der Waals surface area contributed by atoms with Crippen LogP contribution in [0.5, 0.6) is 0 Å². The van der Waals surface area contributed by atoms with Gasteiger partial charge in [-0.15, -0.1) is 0 Å². The highest BCUT2D eigenvalue weighted by atomic mass is 16.2. The van der Waals surface area contributed by atoms with Crippen LogP contribution in [-0.2, 0) is 16.0 Å². The topological polar surface area (TPSA) is 46.2 Å². The Morgan fingerprint density at radius 3 is 1.81 bits per heavy atom. The van der Waals surface area contributed by atoms with Gasteiger partial charge in [0.1, 0.15) is 11.7 Å². The first-order chi connectivity index (χ1) is 15.5. The summed E-state index contributed by atoms with van der Waals surface area (Å²) < 4.78 is 0. The molecule has 3 aromatic rings. The second-order valence-electron chi connectivity index (χ2n) is 7.75. The Morgan fingerprint density at radius 2 is 1.31 bits per heavy atom. The third-order valence-corrected chi connectivity index (χ3v) is 5.40. The Hall–Kier alpha value is -3.20. The fraction of sp³-hybridized carbons (Fsp3) is 0.310. The zero-order chi connectivity index (χ0) is 23.5. The van der Waals surface area contributed by atoms with Crippen molar-refractivity contribution in [1.29, 1.82) is 0 Å². The molecule has 0 spiro atoms. The van der Waals surface area contributed by atoms with E-state index in [0.29, 0.717) is 5.56 Å². The molecular formula is C29H35NO2. The molecule has 1 N–H and O–H groups in total. The van der Waals surface area contributed by atoms with E-state index in [2.05, 4.69) is 36.5 Å². The second kappa shape index (κ2) is 12.6. The maximum Gasteiger partial charge on any atom is 0.235 e. The van der Waals surface area contributed by atoms with Gasteiger partial charge in [-0.25, -0.2) is 0 Å². The molecule has 3 nitrogen and oxygen atoms in total. The molecule has 0 aliphatic rings. The Kier molecular flexibility index (Phi) is 9.87. The summed E-state index contributed by atoms with van der Waals surface area (Å²) in [6.45, 7) is 9.57. The molecule has 2 atom stereocenters. The number of carbonyl (C=O) groups is 2. The lowest BCUT2D eigenvalue weighted by Gasteiger charge is -2.19. The molecule has 0 heterocycles. The van der Waals surface area contributed by atoms with E-state index in [1.54, 1.807) is 0 Å². The molecule has 168 valence electrons. The van der Waals surface area contributed by atoms with Crippen LogP contribution >= 0.6 is 0 Å². The van der Waals surface area contributed by atoms with Crippen LogP contribution in [0.4, 0.5) is 0 Å².